The number of nitrogens with one attached hydrogen (secondary N) is 1. The van der Waals surface area contributed by atoms with Crippen LogP contribution in [-0.2, 0) is 16.4 Å². The number of benzene rings is 1. The highest BCUT2D eigenvalue weighted by Crippen LogP contribution is 2.12. The molecule has 0 radical (unpaired) electrons. The first-order valence-corrected chi connectivity index (χ1v) is 9.40. The smallest absolute Gasteiger partial charge is 0.213 e. The van der Waals surface area contributed by atoms with Gasteiger partial charge in [0.1, 0.15) is 0 Å². The predicted molar refractivity (Wildman–Crippen MR) is 86.8 cm³/mol. The molecule has 0 aromatic heterocycles. The molecule has 1 aromatic carbocycles. The van der Waals surface area contributed by atoms with Crippen molar-refractivity contribution in [3.63, 3.8) is 0 Å². The zero-order valence-electron chi connectivity index (χ0n) is 12.8. The minimum Gasteiger partial charge on any atom is -0.314 e. The molecule has 118 valence electrons. The maximum atomic E-state index is 12.3. The quantitative estimate of drug-likeness (QED) is 0.838. The topological polar surface area (TPSA) is 49.4 Å². The Morgan fingerprint density at radius 1 is 1.24 bits per heavy atom. The van der Waals surface area contributed by atoms with Crippen LogP contribution in [0.3, 0.4) is 0 Å². The first-order chi connectivity index (χ1) is 10.1. The highest BCUT2D eigenvalue weighted by molar-refractivity contribution is 7.89. The Balaban J connectivity index is 1.78. The van der Waals surface area contributed by atoms with Crippen LogP contribution < -0.4 is 5.32 Å². The van der Waals surface area contributed by atoms with Crippen molar-refractivity contribution >= 4 is 10.0 Å². The Morgan fingerprint density at radius 3 is 2.67 bits per heavy atom. The van der Waals surface area contributed by atoms with Crippen molar-refractivity contribution in [2.45, 2.75) is 38.1 Å². The van der Waals surface area contributed by atoms with Crippen LogP contribution in [0.2, 0.25) is 0 Å². The maximum Gasteiger partial charge on any atom is 0.213 e. The minimum absolute atomic E-state index is 0.246. The summed E-state index contributed by atoms with van der Waals surface area (Å²) in [5, 5.41) is 3.41. The molecule has 1 aromatic rings. The van der Waals surface area contributed by atoms with Gasteiger partial charge in [-0.05, 0) is 37.8 Å². The second-order valence-electron chi connectivity index (χ2n) is 5.81. The molecule has 1 fully saturated rings. The molecule has 1 aliphatic rings. The van der Waals surface area contributed by atoms with Crippen molar-refractivity contribution in [1.29, 1.82) is 0 Å². The number of nitrogens with zero attached hydrogens (tertiary/aromatic N) is 1. The van der Waals surface area contributed by atoms with Crippen molar-refractivity contribution in [3.05, 3.63) is 35.9 Å². The highest BCUT2D eigenvalue weighted by atomic mass is 32.2. The van der Waals surface area contributed by atoms with E-state index in [9.17, 15) is 8.42 Å². The third-order valence-electron chi connectivity index (χ3n) is 4.17. The van der Waals surface area contributed by atoms with Crippen molar-refractivity contribution in [2.75, 3.05) is 25.9 Å². The molecule has 1 N–H and O–H groups in total. The number of hydrogen-bond acceptors (Lipinski definition) is 3. The van der Waals surface area contributed by atoms with E-state index in [1.165, 1.54) is 22.7 Å². The summed E-state index contributed by atoms with van der Waals surface area (Å²) in [5.41, 5.74) is 1.17. The lowest BCUT2D eigenvalue weighted by molar-refractivity contribution is 0.388. The molecule has 0 aliphatic carbocycles. The summed E-state index contributed by atoms with van der Waals surface area (Å²) >= 11 is 0. The number of hydrogen-bond donors (Lipinski definition) is 1. The van der Waals surface area contributed by atoms with Gasteiger partial charge in [-0.1, -0.05) is 36.8 Å². The third kappa shape index (κ3) is 5.41. The molecule has 5 heteroatoms. The summed E-state index contributed by atoms with van der Waals surface area (Å²) in [7, 11) is -1.45. The van der Waals surface area contributed by atoms with Gasteiger partial charge in [0.15, 0.2) is 0 Å². The molecule has 0 saturated carbocycles. The minimum atomic E-state index is -3.14. The van der Waals surface area contributed by atoms with Crippen LogP contribution in [0, 0.1) is 0 Å². The molecular formula is C16H26N2O2S. The SMILES string of the molecule is CN(CCc1ccccc1)S(=O)(=O)CCC1CCCCN1. The number of piperidine rings is 1. The van der Waals surface area contributed by atoms with E-state index in [1.807, 2.05) is 30.3 Å². The van der Waals surface area contributed by atoms with Crippen LogP contribution in [0.4, 0.5) is 0 Å². The van der Waals surface area contributed by atoms with E-state index in [2.05, 4.69) is 5.32 Å². The molecule has 0 spiro atoms. The molecule has 1 saturated heterocycles. The van der Waals surface area contributed by atoms with Gasteiger partial charge < -0.3 is 5.32 Å². The maximum absolute atomic E-state index is 12.3. The van der Waals surface area contributed by atoms with Crippen LogP contribution in [0.1, 0.15) is 31.2 Å². The summed E-state index contributed by atoms with van der Waals surface area (Å²) in [6.45, 7) is 1.57. The molecule has 21 heavy (non-hydrogen) atoms. The second-order valence-corrected chi connectivity index (χ2v) is 8.00. The zero-order valence-corrected chi connectivity index (χ0v) is 13.6. The van der Waals surface area contributed by atoms with Gasteiger partial charge in [0, 0.05) is 19.6 Å². The molecule has 1 aliphatic heterocycles. The first kappa shape index (κ1) is 16.5. The van der Waals surface area contributed by atoms with Crippen molar-refractivity contribution in [1.82, 2.24) is 9.62 Å². The van der Waals surface area contributed by atoms with Crippen LogP contribution in [0.5, 0.6) is 0 Å². The third-order valence-corrected chi connectivity index (χ3v) is 6.05. The van der Waals surface area contributed by atoms with Gasteiger partial charge in [0.05, 0.1) is 5.75 Å². The molecule has 4 nitrogen and oxygen atoms in total. The fourth-order valence-electron chi connectivity index (χ4n) is 2.69. The Morgan fingerprint density at radius 2 is 2.00 bits per heavy atom. The zero-order chi connectivity index (χ0) is 15.1. The monoisotopic (exact) mass is 310 g/mol. The highest BCUT2D eigenvalue weighted by Gasteiger charge is 2.21. The lowest BCUT2D eigenvalue weighted by Crippen LogP contribution is -2.38. The van der Waals surface area contributed by atoms with Crippen molar-refractivity contribution in [2.24, 2.45) is 0 Å². The fraction of sp³-hybridized carbons (Fsp3) is 0.625. The summed E-state index contributed by atoms with van der Waals surface area (Å²) in [4.78, 5) is 0. The van der Waals surface area contributed by atoms with Crippen LogP contribution >= 0.6 is 0 Å². The summed E-state index contributed by atoms with van der Waals surface area (Å²) in [5.74, 6) is 0.246. The molecule has 1 atom stereocenters. The van der Waals surface area contributed by atoms with E-state index < -0.39 is 10.0 Å². The summed E-state index contributed by atoms with van der Waals surface area (Å²) < 4.78 is 26.1. The predicted octanol–water partition coefficient (Wildman–Crippen LogP) is 2.02. The Bertz CT molecular complexity index is 510. The van der Waals surface area contributed by atoms with Crippen LogP contribution in [0.15, 0.2) is 30.3 Å². The van der Waals surface area contributed by atoms with Crippen molar-refractivity contribution in [3.8, 4) is 0 Å². The van der Waals surface area contributed by atoms with Crippen LogP contribution in [0.25, 0.3) is 0 Å². The number of likely N-dealkylation sites (N-methyl/N-ethyl adjacent to an activating group) is 1. The van der Waals surface area contributed by atoms with Gasteiger partial charge in [-0.25, -0.2) is 12.7 Å². The molecule has 1 heterocycles. The fourth-order valence-corrected chi connectivity index (χ4v) is 3.95. The lowest BCUT2D eigenvalue weighted by Gasteiger charge is -2.24. The lowest BCUT2D eigenvalue weighted by atomic mass is 10.0. The van der Waals surface area contributed by atoms with Gasteiger partial charge in [0.2, 0.25) is 10.0 Å². The van der Waals surface area contributed by atoms with Gasteiger partial charge in [-0.2, -0.15) is 0 Å². The van der Waals surface area contributed by atoms with E-state index in [1.54, 1.807) is 7.05 Å². The van der Waals surface area contributed by atoms with Gasteiger partial charge in [-0.3, -0.25) is 0 Å². The molecule has 1 unspecified atom stereocenters. The Kier molecular flexibility index (Phi) is 6.21. The Labute approximate surface area is 128 Å². The average molecular weight is 310 g/mol. The largest absolute Gasteiger partial charge is 0.314 e. The van der Waals surface area contributed by atoms with Gasteiger partial charge >= 0.3 is 0 Å². The van der Waals surface area contributed by atoms with E-state index in [4.69, 9.17) is 0 Å². The van der Waals surface area contributed by atoms with E-state index in [-0.39, 0.29) is 5.75 Å². The van der Waals surface area contributed by atoms with E-state index >= 15 is 0 Å². The summed E-state index contributed by atoms with van der Waals surface area (Å²) in [6.07, 6.45) is 5.00. The number of rotatable bonds is 7. The van der Waals surface area contributed by atoms with Crippen molar-refractivity contribution < 1.29 is 8.42 Å². The molecule has 0 bridgehead atoms. The molecule has 2 rings (SSSR count). The van der Waals surface area contributed by atoms with E-state index in [0.29, 0.717) is 12.6 Å². The summed E-state index contributed by atoms with van der Waals surface area (Å²) in [6, 6.07) is 10.4. The van der Waals surface area contributed by atoms with E-state index in [0.717, 1.165) is 25.8 Å². The van der Waals surface area contributed by atoms with Gasteiger partial charge in [-0.15, -0.1) is 0 Å². The number of sulfonamides is 1. The molecular weight excluding hydrogens is 284 g/mol. The second kappa shape index (κ2) is 7.92. The first-order valence-electron chi connectivity index (χ1n) is 7.79. The van der Waals surface area contributed by atoms with Crippen LogP contribution in [-0.4, -0.2) is 44.7 Å². The van der Waals surface area contributed by atoms with Gasteiger partial charge in [0.25, 0.3) is 0 Å². The Hall–Kier alpha value is -0.910. The standard InChI is InChI=1S/C16H26N2O2S/c1-18(13-10-15-7-3-2-4-8-15)21(19,20)14-11-16-9-5-6-12-17-16/h2-4,7-8,16-17H,5-6,9-14H2,1H3. The molecule has 0 amide bonds. The average Bonchev–Trinajstić information content (AvgIpc) is 2.52. The normalized spacial score (nSPS) is 19.8.